The van der Waals surface area contributed by atoms with Crippen molar-refractivity contribution in [2.24, 2.45) is 0 Å². The SMILES string of the molecule is CCC/C=C/c1ccc(-c2cn3ccnc3c(Nc3ccc(OC)nc3)n2)cc1. The molecule has 4 aromatic rings. The molecule has 3 aromatic heterocycles. The van der Waals surface area contributed by atoms with Gasteiger partial charge in [-0.3, -0.25) is 0 Å². The third-order valence-corrected chi connectivity index (χ3v) is 4.55. The highest BCUT2D eigenvalue weighted by atomic mass is 16.5. The Morgan fingerprint density at radius 3 is 2.69 bits per heavy atom. The van der Waals surface area contributed by atoms with Crippen LogP contribution in [0.1, 0.15) is 25.3 Å². The Hall–Kier alpha value is -3.67. The number of nitrogens with one attached hydrogen (secondary N) is 1. The summed E-state index contributed by atoms with van der Waals surface area (Å²) in [6.07, 6.45) is 14.0. The summed E-state index contributed by atoms with van der Waals surface area (Å²) in [5, 5.41) is 3.32. The summed E-state index contributed by atoms with van der Waals surface area (Å²) < 4.78 is 7.09. The van der Waals surface area contributed by atoms with E-state index in [1.165, 1.54) is 5.56 Å². The van der Waals surface area contributed by atoms with Crippen LogP contribution in [0.25, 0.3) is 23.0 Å². The number of allylic oxidation sites excluding steroid dienone is 1. The summed E-state index contributed by atoms with van der Waals surface area (Å²) in [6, 6.07) is 12.1. The van der Waals surface area contributed by atoms with Crippen LogP contribution >= 0.6 is 0 Å². The molecule has 0 unspecified atom stereocenters. The van der Waals surface area contributed by atoms with Crippen LogP contribution in [0.15, 0.2) is 67.3 Å². The van der Waals surface area contributed by atoms with Gasteiger partial charge in [-0.1, -0.05) is 49.8 Å². The first-order valence-corrected chi connectivity index (χ1v) is 9.64. The van der Waals surface area contributed by atoms with Gasteiger partial charge in [0.05, 0.1) is 24.7 Å². The summed E-state index contributed by atoms with van der Waals surface area (Å²) in [5.74, 6) is 1.24. The van der Waals surface area contributed by atoms with Gasteiger partial charge >= 0.3 is 0 Å². The summed E-state index contributed by atoms with van der Waals surface area (Å²) in [4.78, 5) is 13.5. The molecule has 6 heteroatoms. The van der Waals surface area contributed by atoms with Crippen molar-refractivity contribution in [1.82, 2.24) is 19.4 Å². The molecule has 0 spiro atoms. The molecule has 0 bridgehead atoms. The lowest BCUT2D eigenvalue weighted by Gasteiger charge is -2.10. The van der Waals surface area contributed by atoms with Crippen LogP contribution in [0.4, 0.5) is 11.5 Å². The van der Waals surface area contributed by atoms with Gasteiger partial charge in [0.25, 0.3) is 0 Å². The average Bonchev–Trinajstić information content (AvgIpc) is 3.24. The van der Waals surface area contributed by atoms with Crippen molar-refractivity contribution in [3.63, 3.8) is 0 Å². The van der Waals surface area contributed by atoms with Gasteiger partial charge in [-0.05, 0) is 18.1 Å². The maximum atomic E-state index is 5.12. The van der Waals surface area contributed by atoms with Gasteiger partial charge in [-0.25, -0.2) is 15.0 Å². The molecule has 3 heterocycles. The molecule has 0 amide bonds. The van der Waals surface area contributed by atoms with E-state index in [0.717, 1.165) is 35.4 Å². The molecule has 1 aromatic carbocycles. The van der Waals surface area contributed by atoms with Crippen LogP contribution in [0.5, 0.6) is 5.88 Å². The fourth-order valence-corrected chi connectivity index (χ4v) is 3.02. The minimum atomic E-state index is 0.566. The molecule has 29 heavy (non-hydrogen) atoms. The molecule has 0 atom stereocenters. The number of benzene rings is 1. The zero-order chi connectivity index (χ0) is 20.1. The van der Waals surface area contributed by atoms with Gasteiger partial charge in [0.1, 0.15) is 0 Å². The molecule has 1 N–H and O–H groups in total. The van der Waals surface area contributed by atoms with Crippen LogP contribution in [-0.2, 0) is 0 Å². The van der Waals surface area contributed by atoms with E-state index in [-0.39, 0.29) is 0 Å². The predicted octanol–water partition coefficient (Wildman–Crippen LogP) is 5.36. The number of anilines is 2. The molecule has 0 fully saturated rings. The Morgan fingerprint density at radius 1 is 1.10 bits per heavy atom. The van der Waals surface area contributed by atoms with Gasteiger partial charge in [0.2, 0.25) is 5.88 Å². The van der Waals surface area contributed by atoms with E-state index in [0.29, 0.717) is 11.7 Å². The van der Waals surface area contributed by atoms with Gasteiger partial charge in [-0.2, -0.15) is 0 Å². The summed E-state index contributed by atoms with van der Waals surface area (Å²) in [5.41, 5.74) is 4.67. The minimum absolute atomic E-state index is 0.566. The first-order valence-electron chi connectivity index (χ1n) is 9.64. The summed E-state index contributed by atoms with van der Waals surface area (Å²) in [6.45, 7) is 2.18. The molecule has 4 rings (SSSR count). The number of nitrogens with zero attached hydrogens (tertiary/aromatic N) is 4. The van der Waals surface area contributed by atoms with Crippen molar-refractivity contribution >= 4 is 23.2 Å². The molecule has 0 radical (unpaired) electrons. The number of imidazole rings is 1. The monoisotopic (exact) mass is 385 g/mol. The van der Waals surface area contributed by atoms with E-state index >= 15 is 0 Å². The molecular weight excluding hydrogens is 362 g/mol. The molecular formula is C23H23N5O. The second kappa shape index (κ2) is 8.56. The van der Waals surface area contributed by atoms with Crippen molar-refractivity contribution in [1.29, 1.82) is 0 Å². The largest absolute Gasteiger partial charge is 0.481 e. The highest BCUT2D eigenvalue weighted by molar-refractivity contribution is 5.73. The maximum absolute atomic E-state index is 5.12. The van der Waals surface area contributed by atoms with Crippen molar-refractivity contribution in [2.75, 3.05) is 12.4 Å². The van der Waals surface area contributed by atoms with Gasteiger partial charge in [0, 0.05) is 30.2 Å². The van der Waals surface area contributed by atoms with Gasteiger partial charge < -0.3 is 14.5 Å². The lowest BCUT2D eigenvalue weighted by molar-refractivity contribution is 0.398. The first-order chi connectivity index (χ1) is 14.3. The van der Waals surface area contributed by atoms with Crippen LogP contribution in [0.3, 0.4) is 0 Å². The number of ether oxygens (including phenoxy) is 1. The predicted molar refractivity (Wildman–Crippen MR) is 116 cm³/mol. The number of unbranched alkanes of at least 4 members (excludes halogenated alkanes) is 1. The second-order valence-electron chi connectivity index (χ2n) is 6.66. The number of rotatable bonds is 7. The Kier molecular flexibility index (Phi) is 5.52. The molecule has 6 nitrogen and oxygen atoms in total. The van der Waals surface area contributed by atoms with Gasteiger partial charge in [0.15, 0.2) is 11.5 Å². The average molecular weight is 385 g/mol. The minimum Gasteiger partial charge on any atom is -0.481 e. The normalized spacial score (nSPS) is 11.2. The quantitative estimate of drug-likeness (QED) is 0.464. The zero-order valence-corrected chi connectivity index (χ0v) is 16.5. The Bertz CT molecular complexity index is 1110. The van der Waals surface area contributed by atoms with Crippen molar-refractivity contribution < 1.29 is 4.74 Å². The lowest BCUT2D eigenvalue weighted by Crippen LogP contribution is -2.01. The Morgan fingerprint density at radius 2 is 1.97 bits per heavy atom. The molecule has 0 saturated heterocycles. The number of aromatic nitrogens is 4. The van der Waals surface area contributed by atoms with E-state index in [4.69, 9.17) is 9.72 Å². The highest BCUT2D eigenvalue weighted by Crippen LogP contribution is 2.25. The van der Waals surface area contributed by atoms with E-state index < -0.39 is 0 Å². The number of fused-ring (bicyclic) bond motifs is 1. The Labute approximate surface area is 169 Å². The molecule has 0 aliphatic carbocycles. The van der Waals surface area contributed by atoms with Crippen LogP contribution in [-0.4, -0.2) is 26.5 Å². The van der Waals surface area contributed by atoms with E-state index in [1.54, 1.807) is 25.6 Å². The van der Waals surface area contributed by atoms with E-state index in [2.05, 4.69) is 58.6 Å². The summed E-state index contributed by atoms with van der Waals surface area (Å²) >= 11 is 0. The second-order valence-corrected chi connectivity index (χ2v) is 6.66. The van der Waals surface area contributed by atoms with Crippen molar-refractivity contribution in [3.05, 3.63) is 72.8 Å². The number of methoxy groups -OCH3 is 1. The smallest absolute Gasteiger partial charge is 0.213 e. The van der Waals surface area contributed by atoms with Crippen LogP contribution < -0.4 is 10.1 Å². The fraction of sp³-hybridized carbons (Fsp3) is 0.174. The summed E-state index contributed by atoms with van der Waals surface area (Å²) in [7, 11) is 1.60. The van der Waals surface area contributed by atoms with Crippen LogP contribution in [0, 0.1) is 0 Å². The lowest BCUT2D eigenvalue weighted by atomic mass is 10.1. The van der Waals surface area contributed by atoms with Crippen molar-refractivity contribution in [3.8, 4) is 17.1 Å². The molecule has 0 saturated carbocycles. The molecule has 0 aliphatic rings. The number of hydrogen-bond donors (Lipinski definition) is 1. The standard InChI is InChI=1S/C23H23N5O/c1-3-4-5-6-17-7-9-18(10-8-17)20-16-28-14-13-24-23(28)22(27-20)26-19-11-12-21(29-2)25-15-19/h5-16H,3-4H2,1-2H3,(H,26,27)/b6-5+. The third-order valence-electron chi connectivity index (χ3n) is 4.55. The fourth-order valence-electron chi connectivity index (χ4n) is 3.02. The molecule has 146 valence electrons. The third kappa shape index (κ3) is 4.27. The topological polar surface area (TPSA) is 64.3 Å². The maximum Gasteiger partial charge on any atom is 0.213 e. The van der Waals surface area contributed by atoms with Crippen LogP contribution in [0.2, 0.25) is 0 Å². The van der Waals surface area contributed by atoms with E-state index in [9.17, 15) is 0 Å². The highest BCUT2D eigenvalue weighted by Gasteiger charge is 2.10. The molecule has 0 aliphatic heterocycles. The number of pyridine rings is 1. The van der Waals surface area contributed by atoms with Gasteiger partial charge in [-0.15, -0.1) is 0 Å². The zero-order valence-electron chi connectivity index (χ0n) is 16.5. The Balaban J connectivity index is 1.65. The first kappa shape index (κ1) is 18.7. The van der Waals surface area contributed by atoms with E-state index in [1.807, 2.05) is 22.9 Å². The number of hydrogen-bond acceptors (Lipinski definition) is 5. The van der Waals surface area contributed by atoms with Crippen molar-refractivity contribution in [2.45, 2.75) is 19.8 Å².